The molecule has 0 saturated heterocycles. The smallest absolute Gasteiger partial charge is 0.257 e. The van der Waals surface area contributed by atoms with Gasteiger partial charge in [0.25, 0.3) is 5.43 Å². The van der Waals surface area contributed by atoms with Crippen molar-refractivity contribution in [3.05, 3.63) is 115 Å². The molecule has 1 N–H and O–H groups in total. The molecule has 0 bridgehead atoms. The van der Waals surface area contributed by atoms with Crippen LogP contribution in [-0.2, 0) is 0 Å². The number of hydrogen-bond acceptors (Lipinski definition) is 5. The second-order valence-corrected chi connectivity index (χ2v) is 6.05. The molecule has 0 heterocycles. The van der Waals surface area contributed by atoms with E-state index in [4.69, 9.17) is 0 Å². The molecule has 0 spiro atoms. The maximum absolute atomic E-state index is 12.5. The fraction of sp³-hybridized carbons (Fsp3) is 0. The van der Waals surface area contributed by atoms with Crippen LogP contribution in [0.5, 0.6) is 0 Å². The number of hydrogen-bond donors (Lipinski definition) is 1. The van der Waals surface area contributed by atoms with E-state index in [1.54, 1.807) is 24.3 Å². The summed E-state index contributed by atoms with van der Waals surface area (Å²) in [6.45, 7) is 0. The molecule has 5 nitrogen and oxygen atoms in total. The normalized spacial score (nSPS) is 11.6. The lowest BCUT2D eigenvalue weighted by molar-refractivity contribution is 1.17. The van der Waals surface area contributed by atoms with Gasteiger partial charge in [-0.3, -0.25) is 19.8 Å². The van der Waals surface area contributed by atoms with E-state index in [1.807, 2.05) is 42.5 Å². The molecule has 27 heavy (non-hydrogen) atoms. The Morgan fingerprint density at radius 1 is 0.556 bits per heavy atom. The Morgan fingerprint density at radius 3 is 1.78 bits per heavy atom. The number of rotatable bonds is 3. The first-order valence-electron chi connectivity index (χ1n) is 8.37. The van der Waals surface area contributed by atoms with Gasteiger partial charge in [0, 0.05) is 10.8 Å². The number of fused-ring (bicyclic) bond motifs is 1. The molecule has 4 rings (SSSR count). The summed E-state index contributed by atoms with van der Waals surface area (Å²) in [5, 5.41) is 3.84. The molecule has 0 saturated carbocycles. The third kappa shape index (κ3) is 3.06. The summed E-state index contributed by atoms with van der Waals surface area (Å²) in [6.07, 6.45) is 0. The van der Waals surface area contributed by atoms with Crippen LogP contribution in [0.25, 0.3) is 21.9 Å². The van der Waals surface area contributed by atoms with Crippen molar-refractivity contribution in [1.29, 1.82) is 0 Å². The highest BCUT2D eigenvalue weighted by molar-refractivity contribution is 5.81. The van der Waals surface area contributed by atoms with Gasteiger partial charge in [-0.2, -0.15) is 5.10 Å². The number of nitrogens with one attached hydrogen (secondary N) is 1. The molecule has 0 atom stereocenters. The SMILES string of the molecule is O=c1c(=O)c2ccccc2c(=O)/c1=N\Nc1ccc(-c2ccccc2)cc1. The third-order valence-corrected chi connectivity index (χ3v) is 4.34. The minimum atomic E-state index is -0.896. The summed E-state index contributed by atoms with van der Waals surface area (Å²) in [5.41, 5.74) is 3.25. The van der Waals surface area contributed by atoms with Gasteiger partial charge in [0.1, 0.15) is 0 Å². The number of anilines is 1. The molecule has 0 radical (unpaired) electrons. The lowest BCUT2D eigenvalue weighted by Crippen LogP contribution is -2.48. The van der Waals surface area contributed by atoms with Crippen LogP contribution in [0.2, 0.25) is 0 Å². The van der Waals surface area contributed by atoms with Crippen molar-refractivity contribution in [2.45, 2.75) is 0 Å². The van der Waals surface area contributed by atoms with E-state index >= 15 is 0 Å². The van der Waals surface area contributed by atoms with Gasteiger partial charge in [0.05, 0.1) is 5.69 Å². The first-order valence-corrected chi connectivity index (χ1v) is 8.37. The van der Waals surface area contributed by atoms with Gasteiger partial charge in [-0.15, -0.1) is 0 Å². The topological polar surface area (TPSA) is 75.6 Å². The Morgan fingerprint density at radius 2 is 1.11 bits per heavy atom. The molecule has 0 aliphatic carbocycles. The Hall–Kier alpha value is -3.86. The average molecular weight is 354 g/mol. The first kappa shape index (κ1) is 16.6. The lowest BCUT2D eigenvalue weighted by atomic mass is 10.1. The zero-order chi connectivity index (χ0) is 18.8. The van der Waals surface area contributed by atoms with Crippen molar-refractivity contribution in [3.63, 3.8) is 0 Å². The van der Waals surface area contributed by atoms with E-state index in [-0.39, 0.29) is 10.8 Å². The van der Waals surface area contributed by atoms with E-state index < -0.39 is 21.6 Å². The van der Waals surface area contributed by atoms with Gasteiger partial charge in [-0.25, -0.2) is 0 Å². The molecule has 0 aliphatic rings. The van der Waals surface area contributed by atoms with Gasteiger partial charge in [0.2, 0.25) is 10.9 Å². The zero-order valence-electron chi connectivity index (χ0n) is 14.2. The Bertz CT molecular complexity index is 1340. The summed E-state index contributed by atoms with van der Waals surface area (Å²) in [6, 6.07) is 23.5. The third-order valence-electron chi connectivity index (χ3n) is 4.34. The van der Waals surface area contributed by atoms with Gasteiger partial charge in [-0.1, -0.05) is 66.7 Å². The van der Waals surface area contributed by atoms with Gasteiger partial charge in [-0.05, 0) is 23.3 Å². The van der Waals surface area contributed by atoms with Gasteiger partial charge in [0.15, 0.2) is 5.36 Å². The van der Waals surface area contributed by atoms with Gasteiger partial charge >= 0.3 is 0 Å². The molecule has 5 heteroatoms. The summed E-state index contributed by atoms with van der Waals surface area (Å²) < 4.78 is 0. The predicted molar refractivity (Wildman–Crippen MR) is 106 cm³/mol. The quantitative estimate of drug-likeness (QED) is 0.453. The summed E-state index contributed by atoms with van der Waals surface area (Å²) in [4.78, 5) is 36.9. The van der Waals surface area contributed by atoms with E-state index in [2.05, 4.69) is 10.5 Å². The monoisotopic (exact) mass is 354 g/mol. The van der Waals surface area contributed by atoms with Crippen molar-refractivity contribution in [2.24, 2.45) is 5.10 Å². The predicted octanol–water partition coefficient (Wildman–Crippen LogP) is 2.39. The van der Waals surface area contributed by atoms with Crippen LogP contribution in [0, 0.1) is 0 Å². The van der Waals surface area contributed by atoms with Crippen LogP contribution < -0.4 is 27.1 Å². The molecular weight excluding hydrogens is 340 g/mol. The average Bonchev–Trinajstić information content (AvgIpc) is 2.73. The van der Waals surface area contributed by atoms with Crippen LogP contribution in [0.3, 0.4) is 0 Å². The Balaban J connectivity index is 1.73. The molecule has 4 aromatic carbocycles. The zero-order valence-corrected chi connectivity index (χ0v) is 14.2. The largest absolute Gasteiger partial charge is 0.287 e. The Kier molecular flexibility index (Phi) is 4.18. The number of nitrogens with zero attached hydrogens (tertiary/aromatic N) is 1. The van der Waals surface area contributed by atoms with E-state index in [0.29, 0.717) is 5.69 Å². The highest BCUT2D eigenvalue weighted by Gasteiger charge is 2.10. The van der Waals surface area contributed by atoms with Gasteiger partial charge < -0.3 is 0 Å². The van der Waals surface area contributed by atoms with E-state index in [0.717, 1.165) is 11.1 Å². The fourth-order valence-electron chi connectivity index (χ4n) is 2.93. The maximum atomic E-state index is 12.5. The first-order chi connectivity index (χ1) is 13.1. The molecule has 0 unspecified atom stereocenters. The molecule has 4 aromatic rings. The van der Waals surface area contributed by atoms with Crippen molar-refractivity contribution < 1.29 is 0 Å². The van der Waals surface area contributed by atoms with Crippen molar-refractivity contribution in [3.8, 4) is 11.1 Å². The highest BCUT2D eigenvalue weighted by Crippen LogP contribution is 2.20. The standard InChI is InChI=1S/C22H14N2O3/c25-20-17-8-4-5-9-18(17)21(26)22(27)19(20)24-23-16-12-10-15(11-13-16)14-6-2-1-3-7-14/h1-13,23H/b24-19+. The molecular formula is C22H14N2O3. The molecule has 0 aliphatic heterocycles. The van der Waals surface area contributed by atoms with E-state index in [9.17, 15) is 14.4 Å². The molecule has 0 amide bonds. The second kappa shape index (κ2) is 6.80. The Labute approximate surface area is 153 Å². The minimum absolute atomic E-state index is 0.124. The highest BCUT2D eigenvalue weighted by atomic mass is 16.2. The van der Waals surface area contributed by atoms with Crippen LogP contribution in [-0.4, -0.2) is 0 Å². The van der Waals surface area contributed by atoms with Crippen molar-refractivity contribution in [1.82, 2.24) is 0 Å². The van der Waals surface area contributed by atoms with Crippen LogP contribution >= 0.6 is 0 Å². The summed E-state index contributed by atoms with van der Waals surface area (Å²) in [5.74, 6) is 0. The maximum Gasteiger partial charge on any atom is 0.257 e. The van der Waals surface area contributed by atoms with Crippen LogP contribution in [0.1, 0.15) is 0 Å². The van der Waals surface area contributed by atoms with Crippen molar-refractivity contribution in [2.75, 3.05) is 5.43 Å². The second-order valence-electron chi connectivity index (χ2n) is 6.05. The molecule has 130 valence electrons. The van der Waals surface area contributed by atoms with Crippen LogP contribution in [0.4, 0.5) is 5.69 Å². The summed E-state index contributed by atoms with van der Waals surface area (Å²) in [7, 11) is 0. The minimum Gasteiger partial charge on any atom is -0.287 e. The number of benzene rings is 4. The van der Waals surface area contributed by atoms with E-state index in [1.165, 1.54) is 12.1 Å². The molecule has 0 fully saturated rings. The summed E-state index contributed by atoms with van der Waals surface area (Å²) >= 11 is 0. The fourth-order valence-corrected chi connectivity index (χ4v) is 2.93. The molecule has 0 aromatic heterocycles. The lowest BCUT2D eigenvalue weighted by Gasteiger charge is -2.03. The van der Waals surface area contributed by atoms with Crippen LogP contribution in [0.15, 0.2) is 98.3 Å². The van der Waals surface area contributed by atoms with Crippen molar-refractivity contribution >= 4 is 16.5 Å².